The second-order valence-electron chi connectivity index (χ2n) is 15.1. The number of aromatic carboxylic acids is 1. The van der Waals surface area contributed by atoms with Crippen molar-refractivity contribution in [2.24, 2.45) is 0 Å². The van der Waals surface area contributed by atoms with E-state index in [0.717, 1.165) is 57.7 Å². The summed E-state index contributed by atoms with van der Waals surface area (Å²) < 4.78 is 64.0. The molecule has 65 heavy (non-hydrogen) atoms. The molecule has 0 unspecified atom stereocenters. The molecule has 0 fully saturated rings. The summed E-state index contributed by atoms with van der Waals surface area (Å²) in [7, 11) is 7.18. The number of benzene rings is 4. The number of hydrogen-bond donors (Lipinski definition) is 4. The SMILES string of the molecule is CCOC(=O)N(Cc1c(F)cccc1F)c1cc(CN(C)C)c(-c2ccc(NC(=O)Nc3ccc(-c4sc(N(Cc5c(F)cccc5F)C(=O)O)c(C(=O)O)c4CN(C)C)cc3)cc2)s1. The van der Waals surface area contributed by atoms with Crippen molar-refractivity contribution in [3.63, 3.8) is 0 Å². The van der Waals surface area contributed by atoms with Crippen molar-refractivity contribution in [2.75, 3.05) is 55.2 Å². The number of carboxylic acid groups (broad SMARTS) is 2. The van der Waals surface area contributed by atoms with Crippen LogP contribution in [0, 0.1) is 23.3 Å². The van der Waals surface area contributed by atoms with Gasteiger partial charge in [-0.25, -0.2) is 36.7 Å². The average molecular weight is 933 g/mol. The first-order valence-electron chi connectivity index (χ1n) is 19.9. The van der Waals surface area contributed by atoms with Gasteiger partial charge < -0.3 is 35.4 Å². The standard InChI is InChI=1S/C46H44F4N6O7S2/c1-6-63-46(62)55(24-31-34(47)9-7-10-35(31)48)38-21-28(22-53(2)3)40(64-38)26-13-17-29(18-14-26)51-44(59)52-30-19-15-27(16-20-30)41-33(23-54(4)5)39(43(57)58)42(65-41)56(45(60)61)25-32-36(49)11-8-12-37(32)50/h7-21H,6,22-25H2,1-5H3,(H,57,58)(H,60,61)(H2,51,52,59). The summed E-state index contributed by atoms with van der Waals surface area (Å²) >= 11 is 2.10. The fourth-order valence-corrected chi connectivity index (χ4v) is 9.33. The summed E-state index contributed by atoms with van der Waals surface area (Å²) in [5.74, 6) is -4.97. The van der Waals surface area contributed by atoms with Gasteiger partial charge in [-0.2, -0.15) is 0 Å². The maximum Gasteiger partial charge on any atom is 0.415 e. The summed E-state index contributed by atoms with van der Waals surface area (Å²) in [6.07, 6.45) is -2.37. The highest BCUT2D eigenvalue weighted by molar-refractivity contribution is 7.20. The Bertz CT molecular complexity index is 2670. The lowest BCUT2D eigenvalue weighted by molar-refractivity contribution is 0.0696. The highest BCUT2D eigenvalue weighted by Gasteiger charge is 2.32. The van der Waals surface area contributed by atoms with Crippen LogP contribution in [-0.2, 0) is 30.9 Å². The van der Waals surface area contributed by atoms with E-state index in [1.54, 1.807) is 80.5 Å². The normalized spacial score (nSPS) is 11.2. The fraction of sp³-hybridized carbons (Fsp3) is 0.217. The molecule has 4 aromatic carbocycles. The van der Waals surface area contributed by atoms with E-state index in [1.807, 2.05) is 19.0 Å². The van der Waals surface area contributed by atoms with Crippen LogP contribution in [0.25, 0.3) is 20.9 Å². The van der Waals surface area contributed by atoms with Crippen molar-refractivity contribution in [1.29, 1.82) is 0 Å². The van der Waals surface area contributed by atoms with Crippen LogP contribution in [0.15, 0.2) is 91.0 Å². The monoisotopic (exact) mass is 932 g/mol. The van der Waals surface area contributed by atoms with Gasteiger partial charge >= 0.3 is 24.2 Å². The molecule has 2 heterocycles. The second-order valence-corrected chi connectivity index (χ2v) is 17.1. The lowest BCUT2D eigenvalue weighted by atomic mass is 10.0. The van der Waals surface area contributed by atoms with Crippen LogP contribution in [0.2, 0.25) is 0 Å². The van der Waals surface area contributed by atoms with Crippen LogP contribution >= 0.6 is 22.7 Å². The molecular formula is C46H44F4N6O7S2. The Hall–Kier alpha value is -6.80. The van der Waals surface area contributed by atoms with Gasteiger partial charge in [-0.1, -0.05) is 36.4 Å². The minimum atomic E-state index is -1.61. The molecule has 0 radical (unpaired) electrons. The molecule has 340 valence electrons. The summed E-state index contributed by atoms with van der Waals surface area (Å²) in [6.45, 7) is 1.07. The van der Waals surface area contributed by atoms with Gasteiger partial charge in [0.2, 0.25) is 0 Å². The Morgan fingerprint density at radius 2 is 1.09 bits per heavy atom. The molecule has 4 N–H and O–H groups in total. The number of carbonyl (C=O) groups is 4. The second kappa shape index (κ2) is 20.8. The van der Waals surface area contributed by atoms with Crippen molar-refractivity contribution in [3.05, 3.63) is 142 Å². The molecule has 19 heteroatoms. The quantitative estimate of drug-likeness (QED) is 0.0694. The van der Waals surface area contributed by atoms with Gasteiger partial charge in [-0.05, 0) is 106 Å². The van der Waals surface area contributed by atoms with E-state index in [4.69, 9.17) is 4.74 Å². The van der Waals surface area contributed by atoms with Gasteiger partial charge in [0, 0.05) is 50.9 Å². The van der Waals surface area contributed by atoms with Crippen molar-refractivity contribution in [3.8, 4) is 20.9 Å². The molecule has 13 nitrogen and oxygen atoms in total. The van der Waals surface area contributed by atoms with E-state index < -0.39 is 66.1 Å². The highest BCUT2D eigenvalue weighted by Crippen LogP contribution is 2.44. The van der Waals surface area contributed by atoms with Gasteiger partial charge in [0.15, 0.2) is 0 Å². The largest absolute Gasteiger partial charge is 0.478 e. The number of carbonyl (C=O) groups excluding carboxylic acids is 2. The van der Waals surface area contributed by atoms with Gasteiger partial charge in [0.25, 0.3) is 0 Å². The van der Waals surface area contributed by atoms with E-state index in [0.29, 0.717) is 38.3 Å². The molecular weight excluding hydrogens is 889 g/mol. The van der Waals surface area contributed by atoms with E-state index in [9.17, 15) is 47.0 Å². The Morgan fingerprint density at radius 3 is 1.54 bits per heavy atom. The number of nitrogens with one attached hydrogen (secondary N) is 2. The summed E-state index contributed by atoms with van der Waals surface area (Å²) in [6, 6.07) is 21.2. The Morgan fingerprint density at radius 1 is 0.615 bits per heavy atom. The molecule has 0 saturated heterocycles. The minimum Gasteiger partial charge on any atom is -0.478 e. The zero-order valence-electron chi connectivity index (χ0n) is 35.7. The molecule has 6 aromatic rings. The Balaban J connectivity index is 1.21. The van der Waals surface area contributed by atoms with Crippen molar-refractivity contribution >= 4 is 68.2 Å². The number of nitrogens with zero attached hydrogens (tertiary/aromatic N) is 4. The molecule has 4 amide bonds. The van der Waals surface area contributed by atoms with Crippen molar-refractivity contribution in [1.82, 2.24) is 9.80 Å². The molecule has 0 spiro atoms. The third-order valence-electron chi connectivity index (χ3n) is 9.76. The van der Waals surface area contributed by atoms with E-state index in [2.05, 4.69) is 10.6 Å². The predicted octanol–water partition coefficient (Wildman–Crippen LogP) is 11.0. The number of carboxylic acids is 1. The topological polar surface area (TPSA) is 155 Å². The van der Waals surface area contributed by atoms with Crippen LogP contribution in [0.3, 0.4) is 0 Å². The van der Waals surface area contributed by atoms with Crippen LogP contribution < -0.4 is 20.4 Å². The molecule has 2 aromatic heterocycles. The van der Waals surface area contributed by atoms with E-state index in [-0.39, 0.29) is 34.8 Å². The highest BCUT2D eigenvalue weighted by atomic mass is 32.1. The molecule has 0 aliphatic heterocycles. The van der Waals surface area contributed by atoms with E-state index >= 15 is 0 Å². The molecule has 0 aliphatic carbocycles. The smallest absolute Gasteiger partial charge is 0.415 e. The molecule has 0 atom stereocenters. The van der Waals surface area contributed by atoms with Gasteiger partial charge in [-0.3, -0.25) is 9.80 Å². The van der Waals surface area contributed by atoms with Gasteiger partial charge in [0.05, 0.1) is 25.3 Å². The average Bonchev–Trinajstić information content (AvgIpc) is 3.82. The number of anilines is 4. The summed E-state index contributed by atoms with van der Waals surface area (Å²) in [5, 5.41) is 26.2. The number of thiophene rings is 2. The lowest BCUT2D eigenvalue weighted by Gasteiger charge is -2.21. The van der Waals surface area contributed by atoms with Crippen LogP contribution in [-0.4, -0.2) is 79.0 Å². The Kier molecular flexibility index (Phi) is 15.3. The van der Waals surface area contributed by atoms with Crippen molar-refractivity contribution in [2.45, 2.75) is 33.1 Å². The predicted molar refractivity (Wildman–Crippen MR) is 244 cm³/mol. The van der Waals surface area contributed by atoms with Crippen LogP contribution in [0.5, 0.6) is 0 Å². The Labute approximate surface area is 379 Å². The number of ether oxygens (including phenoxy) is 1. The van der Waals surface area contributed by atoms with Crippen molar-refractivity contribution < 1.29 is 51.7 Å². The van der Waals surface area contributed by atoms with Gasteiger partial charge in [0.1, 0.15) is 33.3 Å². The molecule has 0 aliphatic rings. The summed E-state index contributed by atoms with van der Waals surface area (Å²) in [5.41, 5.74) is 2.04. The zero-order valence-corrected chi connectivity index (χ0v) is 37.4. The van der Waals surface area contributed by atoms with Crippen LogP contribution in [0.4, 0.5) is 53.3 Å². The number of urea groups is 1. The number of rotatable bonds is 16. The first-order valence-corrected chi connectivity index (χ1v) is 21.5. The number of halogens is 4. The molecule has 6 rings (SSSR count). The summed E-state index contributed by atoms with van der Waals surface area (Å²) in [4.78, 5) is 58.2. The van der Waals surface area contributed by atoms with Crippen LogP contribution in [0.1, 0.15) is 39.5 Å². The minimum absolute atomic E-state index is 0.0507. The number of hydrogen-bond acceptors (Lipinski definition) is 9. The third kappa shape index (κ3) is 11.3. The van der Waals surface area contributed by atoms with E-state index in [1.165, 1.54) is 22.3 Å². The maximum absolute atomic E-state index is 14.7. The maximum atomic E-state index is 14.7. The first kappa shape index (κ1) is 47.7. The third-order valence-corrected chi connectivity index (χ3v) is 12.3. The number of amides is 4. The fourth-order valence-electron chi connectivity index (χ4n) is 6.86. The lowest BCUT2D eigenvalue weighted by Crippen LogP contribution is -2.31. The van der Waals surface area contributed by atoms with Gasteiger partial charge in [-0.15, -0.1) is 22.7 Å². The first-order chi connectivity index (χ1) is 30.9. The zero-order chi connectivity index (χ0) is 47.1. The molecule has 0 bridgehead atoms. The molecule has 0 saturated carbocycles.